The second-order valence-electron chi connectivity index (χ2n) is 3.18. The van der Waals surface area contributed by atoms with E-state index >= 15 is 0 Å². The first-order chi connectivity index (χ1) is 7.10. The van der Waals surface area contributed by atoms with Gasteiger partial charge in [-0.15, -0.1) is 0 Å². The largest absolute Gasteiger partial charge is 0.496 e. The highest BCUT2D eigenvalue weighted by Crippen LogP contribution is 2.23. The lowest BCUT2D eigenvalue weighted by atomic mass is 10.2. The third kappa shape index (κ3) is 2.40. The minimum absolute atomic E-state index is 0.389. The van der Waals surface area contributed by atoms with Crippen molar-refractivity contribution >= 4 is 11.8 Å². The van der Waals surface area contributed by atoms with Crippen LogP contribution in [0.3, 0.4) is 0 Å². The van der Waals surface area contributed by atoms with Crippen LogP contribution in [0, 0.1) is 6.92 Å². The highest BCUT2D eigenvalue weighted by atomic mass is 16.5. The van der Waals surface area contributed by atoms with Crippen molar-refractivity contribution in [2.75, 3.05) is 26.2 Å². The Morgan fingerprint density at radius 1 is 1.33 bits per heavy atom. The van der Waals surface area contributed by atoms with Crippen LogP contribution >= 0.6 is 0 Å². The minimum atomic E-state index is -0.389. The predicted octanol–water partition coefficient (Wildman–Crippen LogP) is 2.21. The number of anilines is 1. The summed E-state index contributed by atoms with van der Waals surface area (Å²) >= 11 is 0. The van der Waals surface area contributed by atoms with Crippen LogP contribution in [0.4, 0.5) is 10.5 Å². The molecule has 0 saturated carbocycles. The number of benzene rings is 1. The van der Waals surface area contributed by atoms with Crippen molar-refractivity contribution in [3.63, 3.8) is 0 Å². The van der Waals surface area contributed by atoms with Crippen molar-refractivity contribution in [1.29, 1.82) is 0 Å². The van der Waals surface area contributed by atoms with Crippen LogP contribution in [0.1, 0.15) is 5.56 Å². The van der Waals surface area contributed by atoms with E-state index in [9.17, 15) is 4.79 Å². The number of hydrogen-bond acceptors (Lipinski definition) is 3. The predicted molar refractivity (Wildman–Crippen MR) is 58.5 cm³/mol. The lowest BCUT2D eigenvalue weighted by Gasteiger charge is -2.16. The van der Waals surface area contributed by atoms with Crippen molar-refractivity contribution < 1.29 is 14.3 Å². The van der Waals surface area contributed by atoms with E-state index in [2.05, 4.69) is 4.74 Å². The summed E-state index contributed by atoms with van der Waals surface area (Å²) in [7, 11) is 4.63. The van der Waals surface area contributed by atoms with E-state index in [0.29, 0.717) is 0 Å². The number of amides is 1. The summed E-state index contributed by atoms with van der Waals surface area (Å²) < 4.78 is 9.75. The zero-order valence-electron chi connectivity index (χ0n) is 9.40. The molecule has 0 aliphatic carbocycles. The fourth-order valence-electron chi connectivity index (χ4n) is 1.31. The van der Waals surface area contributed by atoms with Crippen LogP contribution < -0.4 is 9.64 Å². The average molecular weight is 209 g/mol. The molecule has 0 atom stereocenters. The minimum Gasteiger partial charge on any atom is -0.496 e. The van der Waals surface area contributed by atoms with Gasteiger partial charge in [0.25, 0.3) is 0 Å². The number of hydrogen-bond donors (Lipinski definition) is 0. The van der Waals surface area contributed by atoms with Crippen LogP contribution in [0.2, 0.25) is 0 Å². The first kappa shape index (κ1) is 11.4. The molecular formula is C11H15NO3. The molecule has 4 nitrogen and oxygen atoms in total. The lowest BCUT2D eigenvalue weighted by Crippen LogP contribution is -2.25. The molecule has 0 aliphatic rings. The molecule has 4 heteroatoms. The third-order valence-electron chi connectivity index (χ3n) is 2.21. The molecule has 0 heterocycles. The second kappa shape index (κ2) is 4.68. The number of carbonyl (C=O) groups is 1. The SMILES string of the molecule is COC(=O)N(C)c1ccc(OC)c(C)c1. The lowest BCUT2D eigenvalue weighted by molar-refractivity contribution is 0.180. The fourth-order valence-corrected chi connectivity index (χ4v) is 1.31. The maximum atomic E-state index is 11.3. The van der Waals surface area contributed by atoms with Crippen molar-refractivity contribution in [3.8, 4) is 5.75 Å². The molecule has 0 saturated heterocycles. The van der Waals surface area contributed by atoms with E-state index in [0.717, 1.165) is 17.0 Å². The summed E-state index contributed by atoms with van der Waals surface area (Å²) in [6.07, 6.45) is -0.389. The quantitative estimate of drug-likeness (QED) is 0.749. The Hall–Kier alpha value is -1.71. The summed E-state index contributed by atoms with van der Waals surface area (Å²) in [4.78, 5) is 12.7. The van der Waals surface area contributed by atoms with Gasteiger partial charge in [0.15, 0.2) is 0 Å². The summed E-state index contributed by atoms with van der Waals surface area (Å²) in [5.41, 5.74) is 1.76. The van der Waals surface area contributed by atoms with Crippen LogP contribution in [0.5, 0.6) is 5.75 Å². The van der Waals surface area contributed by atoms with Crippen molar-refractivity contribution in [1.82, 2.24) is 0 Å². The van der Waals surface area contributed by atoms with Crippen molar-refractivity contribution in [2.24, 2.45) is 0 Å². The first-order valence-electron chi connectivity index (χ1n) is 4.56. The number of methoxy groups -OCH3 is 2. The summed E-state index contributed by atoms with van der Waals surface area (Å²) in [5.74, 6) is 0.803. The molecule has 0 fully saturated rings. The van der Waals surface area contributed by atoms with Gasteiger partial charge in [0.05, 0.1) is 14.2 Å². The van der Waals surface area contributed by atoms with Gasteiger partial charge in [-0.25, -0.2) is 4.79 Å². The molecule has 1 amide bonds. The van der Waals surface area contributed by atoms with Crippen molar-refractivity contribution in [3.05, 3.63) is 23.8 Å². The van der Waals surface area contributed by atoms with Gasteiger partial charge in [0, 0.05) is 12.7 Å². The van der Waals surface area contributed by atoms with Crippen LogP contribution in [0.25, 0.3) is 0 Å². The standard InChI is InChI=1S/C11H15NO3/c1-8-7-9(5-6-10(8)14-3)12(2)11(13)15-4/h5-7H,1-4H3. The number of aryl methyl sites for hydroxylation is 1. The molecule has 0 aliphatic heterocycles. The zero-order valence-corrected chi connectivity index (χ0v) is 9.40. The number of ether oxygens (including phenoxy) is 2. The molecule has 0 aromatic heterocycles. The Kier molecular flexibility index (Phi) is 3.55. The highest BCUT2D eigenvalue weighted by molar-refractivity contribution is 5.87. The number of rotatable bonds is 2. The maximum Gasteiger partial charge on any atom is 0.413 e. The normalized spacial score (nSPS) is 9.60. The molecule has 0 unspecified atom stereocenters. The molecule has 0 bridgehead atoms. The van der Waals surface area contributed by atoms with Gasteiger partial charge in [0.1, 0.15) is 5.75 Å². The first-order valence-corrected chi connectivity index (χ1v) is 4.56. The molecule has 15 heavy (non-hydrogen) atoms. The smallest absolute Gasteiger partial charge is 0.413 e. The van der Waals surface area contributed by atoms with Gasteiger partial charge in [-0.2, -0.15) is 0 Å². The van der Waals surface area contributed by atoms with E-state index in [4.69, 9.17) is 4.74 Å². The highest BCUT2D eigenvalue weighted by Gasteiger charge is 2.11. The molecular weight excluding hydrogens is 194 g/mol. The van der Waals surface area contributed by atoms with Gasteiger partial charge in [-0.05, 0) is 30.7 Å². The number of nitrogens with zero attached hydrogens (tertiary/aromatic N) is 1. The summed E-state index contributed by atoms with van der Waals surface area (Å²) in [5, 5.41) is 0. The fraction of sp³-hybridized carbons (Fsp3) is 0.364. The van der Waals surface area contributed by atoms with Crippen LogP contribution in [0.15, 0.2) is 18.2 Å². The van der Waals surface area contributed by atoms with Crippen molar-refractivity contribution in [2.45, 2.75) is 6.92 Å². The number of carbonyl (C=O) groups excluding carboxylic acids is 1. The maximum absolute atomic E-state index is 11.3. The monoisotopic (exact) mass is 209 g/mol. The Morgan fingerprint density at radius 2 is 2.00 bits per heavy atom. The second-order valence-corrected chi connectivity index (χ2v) is 3.18. The van der Waals surface area contributed by atoms with Gasteiger partial charge < -0.3 is 9.47 Å². The van der Waals surface area contributed by atoms with Gasteiger partial charge >= 0.3 is 6.09 Å². The average Bonchev–Trinajstić information content (AvgIpc) is 2.26. The van der Waals surface area contributed by atoms with E-state index in [1.54, 1.807) is 14.2 Å². The molecule has 0 N–H and O–H groups in total. The Labute approximate surface area is 89.4 Å². The molecule has 1 aromatic rings. The van der Waals surface area contributed by atoms with E-state index in [-0.39, 0.29) is 6.09 Å². The molecule has 0 radical (unpaired) electrons. The van der Waals surface area contributed by atoms with E-state index in [1.807, 2.05) is 25.1 Å². The Morgan fingerprint density at radius 3 is 2.47 bits per heavy atom. The van der Waals surface area contributed by atoms with Gasteiger partial charge in [0.2, 0.25) is 0 Å². The molecule has 0 spiro atoms. The van der Waals surface area contributed by atoms with Crippen LogP contribution in [-0.2, 0) is 4.74 Å². The van der Waals surface area contributed by atoms with E-state index in [1.165, 1.54) is 12.0 Å². The van der Waals surface area contributed by atoms with E-state index < -0.39 is 0 Å². The zero-order chi connectivity index (χ0) is 11.4. The Bertz CT molecular complexity index is 363. The molecule has 1 rings (SSSR count). The molecule has 82 valence electrons. The topological polar surface area (TPSA) is 38.8 Å². The summed E-state index contributed by atoms with van der Waals surface area (Å²) in [6.45, 7) is 1.92. The van der Waals surface area contributed by atoms with Crippen LogP contribution in [-0.4, -0.2) is 27.4 Å². The molecule has 1 aromatic carbocycles. The van der Waals surface area contributed by atoms with Gasteiger partial charge in [-0.3, -0.25) is 4.90 Å². The third-order valence-corrected chi connectivity index (χ3v) is 2.21. The summed E-state index contributed by atoms with van der Waals surface area (Å²) in [6, 6.07) is 5.50. The Balaban J connectivity index is 2.97. The van der Waals surface area contributed by atoms with Gasteiger partial charge in [-0.1, -0.05) is 0 Å².